The highest BCUT2D eigenvalue weighted by Gasteiger charge is 2.39. The van der Waals surface area contributed by atoms with Gasteiger partial charge in [-0.1, -0.05) is 17.7 Å². The number of carboxylic acid groups (broad SMARTS) is 1. The quantitative estimate of drug-likeness (QED) is 0.876. The number of hydrogen-bond donors (Lipinski definition) is 2. The maximum atomic E-state index is 12.1. The van der Waals surface area contributed by atoms with Crippen molar-refractivity contribution in [2.24, 2.45) is 0 Å². The summed E-state index contributed by atoms with van der Waals surface area (Å²) in [6, 6.07) is 2.53. The molecule has 4 nitrogen and oxygen atoms in total. The molecule has 0 fully saturated rings. The van der Waals surface area contributed by atoms with Crippen LogP contribution in [0, 0.1) is 6.92 Å². The van der Waals surface area contributed by atoms with Gasteiger partial charge in [-0.05, 0) is 18.6 Å². The van der Waals surface area contributed by atoms with E-state index in [0.29, 0.717) is 0 Å². The van der Waals surface area contributed by atoms with Gasteiger partial charge in [0.15, 0.2) is 0 Å². The molecule has 0 spiro atoms. The molecule has 0 radical (unpaired) electrons. The van der Waals surface area contributed by atoms with E-state index < -0.39 is 29.3 Å². The predicted octanol–water partition coefficient (Wildman–Crippen LogP) is 2.85. The molecule has 0 aliphatic carbocycles. The predicted molar refractivity (Wildman–Crippen MR) is 57.8 cm³/mol. The van der Waals surface area contributed by atoms with Crippen LogP contribution in [0.4, 0.5) is 18.9 Å². The zero-order valence-corrected chi connectivity index (χ0v) is 9.69. The van der Waals surface area contributed by atoms with Crippen molar-refractivity contribution in [2.45, 2.75) is 13.1 Å². The monoisotopic (exact) mass is 281 g/mol. The highest BCUT2D eigenvalue weighted by molar-refractivity contribution is 6.34. The van der Waals surface area contributed by atoms with Gasteiger partial charge >= 0.3 is 18.1 Å². The van der Waals surface area contributed by atoms with Gasteiger partial charge in [0.1, 0.15) is 5.56 Å². The van der Waals surface area contributed by atoms with E-state index in [1.165, 1.54) is 24.4 Å². The molecule has 0 aliphatic rings. The van der Waals surface area contributed by atoms with E-state index in [-0.39, 0.29) is 10.6 Å². The molecule has 0 aromatic heterocycles. The van der Waals surface area contributed by atoms with Gasteiger partial charge in [-0.25, -0.2) is 4.79 Å². The van der Waals surface area contributed by atoms with Crippen LogP contribution in [-0.4, -0.2) is 23.2 Å². The number of nitrogens with one attached hydrogen (secondary N) is 1. The number of anilines is 1. The number of alkyl halides is 3. The number of benzene rings is 1. The van der Waals surface area contributed by atoms with Crippen molar-refractivity contribution in [3.05, 3.63) is 28.3 Å². The first kappa shape index (κ1) is 14.3. The zero-order valence-electron chi connectivity index (χ0n) is 8.93. The maximum Gasteiger partial charge on any atom is 0.471 e. The Balaban J connectivity index is 3.28. The minimum atomic E-state index is -5.11. The SMILES string of the molecule is Cc1ccc(Cl)c(C(=O)O)c1NC(=O)C(F)(F)F. The third kappa shape index (κ3) is 2.92. The topological polar surface area (TPSA) is 66.4 Å². The van der Waals surface area contributed by atoms with Gasteiger partial charge in [0, 0.05) is 0 Å². The number of rotatable bonds is 2. The molecule has 0 unspecified atom stereocenters. The first-order chi connectivity index (χ1) is 8.14. The van der Waals surface area contributed by atoms with Gasteiger partial charge in [-0.3, -0.25) is 4.79 Å². The molecular weight excluding hydrogens is 275 g/mol. The number of aromatic carboxylic acids is 1. The molecule has 8 heteroatoms. The summed E-state index contributed by atoms with van der Waals surface area (Å²) in [6.45, 7) is 1.36. The first-order valence-electron chi connectivity index (χ1n) is 4.55. The lowest BCUT2D eigenvalue weighted by atomic mass is 10.1. The smallest absolute Gasteiger partial charge is 0.471 e. The third-order valence-electron chi connectivity index (χ3n) is 2.07. The molecule has 0 atom stereocenters. The first-order valence-corrected chi connectivity index (χ1v) is 4.93. The van der Waals surface area contributed by atoms with E-state index in [1.54, 1.807) is 0 Å². The highest BCUT2D eigenvalue weighted by Crippen LogP contribution is 2.29. The van der Waals surface area contributed by atoms with E-state index in [9.17, 15) is 22.8 Å². The van der Waals surface area contributed by atoms with Crippen molar-refractivity contribution >= 4 is 29.2 Å². The molecule has 0 saturated carbocycles. The zero-order chi connectivity index (χ0) is 14.1. The molecule has 0 saturated heterocycles. The fraction of sp³-hybridized carbons (Fsp3) is 0.200. The van der Waals surface area contributed by atoms with Crippen molar-refractivity contribution in [2.75, 3.05) is 5.32 Å². The van der Waals surface area contributed by atoms with E-state index in [2.05, 4.69) is 0 Å². The van der Waals surface area contributed by atoms with Gasteiger partial charge in [0.2, 0.25) is 0 Å². The summed E-state index contributed by atoms with van der Waals surface area (Å²) in [5.74, 6) is -3.78. The van der Waals surface area contributed by atoms with Gasteiger partial charge in [0.05, 0.1) is 10.7 Å². The lowest BCUT2D eigenvalue weighted by Gasteiger charge is -2.13. The van der Waals surface area contributed by atoms with Crippen molar-refractivity contribution in [1.29, 1.82) is 0 Å². The summed E-state index contributed by atoms with van der Waals surface area (Å²) in [7, 11) is 0. The Hall–Kier alpha value is -1.76. The molecule has 1 amide bonds. The molecule has 0 heterocycles. The van der Waals surface area contributed by atoms with Crippen LogP contribution in [0.5, 0.6) is 0 Å². The number of halogens is 4. The standard InChI is InChI=1S/C10H7ClF3NO3/c1-4-2-3-5(11)6(8(16)17)7(4)15-9(18)10(12,13)14/h2-3H,1H3,(H,15,18)(H,16,17). The van der Waals surface area contributed by atoms with Crippen LogP contribution in [-0.2, 0) is 4.79 Å². The van der Waals surface area contributed by atoms with E-state index >= 15 is 0 Å². The fourth-order valence-corrected chi connectivity index (χ4v) is 1.47. The molecule has 1 rings (SSSR count). The van der Waals surface area contributed by atoms with Crippen molar-refractivity contribution < 1.29 is 27.9 Å². The second-order valence-electron chi connectivity index (χ2n) is 3.37. The van der Waals surface area contributed by atoms with Crippen LogP contribution in [0.1, 0.15) is 15.9 Å². The lowest BCUT2D eigenvalue weighted by molar-refractivity contribution is -0.167. The summed E-state index contributed by atoms with van der Waals surface area (Å²) in [5.41, 5.74) is -0.874. The van der Waals surface area contributed by atoms with Crippen molar-refractivity contribution in [1.82, 2.24) is 0 Å². The summed E-state index contributed by atoms with van der Waals surface area (Å²) >= 11 is 5.58. The highest BCUT2D eigenvalue weighted by atomic mass is 35.5. The molecular formula is C10H7ClF3NO3. The Bertz CT molecular complexity index is 514. The molecule has 0 bridgehead atoms. The average Bonchev–Trinajstić information content (AvgIpc) is 2.21. The summed E-state index contributed by atoms with van der Waals surface area (Å²) in [5, 5.41) is 10.1. The fourth-order valence-electron chi connectivity index (χ4n) is 1.24. The second-order valence-corrected chi connectivity index (χ2v) is 3.78. The number of carboxylic acids is 1. The number of carbonyl (C=O) groups excluding carboxylic acids is 1. The molecule has 18 heavy (non-hydrogen) atoms. The Morgan fingerprint density at radius 1 is 1.33 bits per heavy atom. The minimum Gasteiger partial charge on any atom is -0.478 e. The molecule has 0 aliphatic heterocycles. The van der Waals surface area contributed by atoms with E-state index in [4.69, 9.17) is 16.7 Å². The van der Waals surface area contributed by atoms with E-state index in [0.717, 1.165) is 0 Å². The van der Waals surface area contributed by atoms with Gasteiger partial charge < -0.3 is 10.4 Å². The number of carbonyl (C=O) groups is 2. The molecule has 2 N–H and O–H groups in total. The van der Waals surface area contributed by atoms with Crippen LogP contribution in [0.2, 0.25) is 5.02 Å². The van der Waals surface area contributed by atoms with Crippen molar-refractivity contribution in [3.8, 4) is 0 Å². The summed E-state index contributed by atoms with van der Waals surface area (Å²) in [4.78, 5) is 21.7. The summed E-state index contributed by atoms with van der Waals surface area (Å²) in [6.07, 6.45) is -5.11. The minimum absolute atomic E-state index is 0.161. The normalized spacial score (nSPS) is 11.2. The van der Waals surface area contributed by atoms with E-state index in [1.807, 2.05) is 0 Å². The Kier molecular flexibility index (Phi) is 3.85. The largest absolute Gasteiger partial charge is 0.478 e. The van der Waals surface area contributed by atoms with Crippen LogP contribution in [0.25, 0.3) is 0 Å². The van der Waals surface area contributed by atoms with Gasteiger partial charge in [-0.2, -0.15) is 13.2 Å². The van der Waals surface area contributed by atoms with Gasteiger partial charge in [-0.15, -0.1) is 0 Å². The maximum absolute atomic E-state index is 12.1. The summed E-state index contributed by atoms with van der Waals surface area (Å²) < 4.78 is 36.3. The van der Waals surface area contributed by atoms with Crippen LogP contribution < -0.4 is 5.32 Å². The molecule has 1 aromatic carbocycles. The Morgan fingerprint density at radius 2 is 1.89 bits per heavy atom. The van der Waals surface area contributed by atoms with Crippen LogP contribution in [0.3, 0.4) is 0 Å². The molecule has 1 aromatic rings. The average molecular weight is 282 g/mol. The lowest BCUT2D eigenvalue weighted by Crippen LogP contribution is -2.31. The van der Waals surface area contributed by atoms with Crippen molar-refractivity contribution in [3.63, 3.8) is 0 Å². The number of aryl methyl sites for hydroxylation is 1. The van der Waals surface area contributed by atoms with Crippen LogP contribution >= 0.6 is 11.6 Å². The van der Waals surface area contributed by atoms with Crippen LogP contribution in [0.15, 0.2) is 12.1 Å². The molecule has 98 valence electrons. The third-order valence-corrected chi connectivity index (χ3v) is 2.39. The van der Waals surface area contributed by atoms with Gasteiger partial charge in [0.25, 0.3) is 0 Å². The second kappa shape index (κ2) is 4.85. The number of hydrogen-bond acceptors (Lipinski definition) is 2. The Morgan fingerprint density at radius 3 is 2.33 bits per heavy atom. The number of amides is 1. The Labute approximate surface area is 104 Å².